The first kappa shape index (κ1) is 22.4. The van der Waals surface area contributed by atoms with Crippen molar-refractivity contribution in [2.75, 3.05) is 0 Å². The van der Waals surface area contributed by atoms with Crippen molar-refractivity contribution >= 4 is 69.2 Å². The molecule has 160 valence electrons. The lowest BCUT2D eigenvalue weighted by Gasteiger charge is -2.12. The Morgan fingerprint density at radius 2 is 1.53 bits per heavy atom. The maximum absolute atomic E-state index is 12.4. The monoisotopic (exact) mass is 652 g/mol. The van der Waals surface area contributed by atoms with Gasteiger partial charge in [-0.2, -0.15) is 10.1 Å². The third-order valence-corrected chi connectivity index (χ3v) is 6.30. The number of carboxylic acid groups (broad SMARTS) is 1. The van der Waals surface area contributed by atoms with Crippen LogP contribution in [0.2, 0.25) is 0 Å². The zero-order chi connectivity index (χ0) is 22.8. The molecule has 0 saturated heterocycles. The van der Waals surface area contributed by atoms with Crippen LogP contribution < -0.4 is 4.74 Å². The molecule has 1 heterocycles. The van der Waals surface area contributed by atoms with Gasteiger partial charge in [-0.25, -0.2) is 4.79 Å². The Bertz CT molecular complexity index is 1210. The second kappa shape index (κ2) is 9.36. The number of amides is 2. The van der Waals surface area contributed by atoms with E-state index in [1.165, 1.54) is 18.3 Å². The van der Waals surface area contributed by atoms with Crippen molar-refractivity contribution in [3.63, 3.8) is 0 Å². The molecule has 0 aromatic heterocycles. The van der Waals surface area contributed by atoms with E-state index in [1.807, 2.05) is 12.1 Å². The average Bonchev–Trinajstić information content (AvgIpc) is 3.02. The van der Waals surface area contributed by atoms with Crippen molar-refractivity contribution in [2.45, 2.75) is 6.61 Å². The molecule has 0 bridgehead atoms. The van der Waals surface area contributed by atoms with E-state index in [9.17, 15) is 14.4 Å². The zero-order valence-corrected chi connectivity index (χ0v) is 20.6. The van der Waals surface area contributed by atoms with Gasteiger partial charge in [-0.3, -0.25) is 9.59 Å². The number of aromatic carboxylic acids is 1. The maximum Gasteiger partial charge on any atom is 0.335 e. The molecule has 0 saturated carbocycles. The van der Waals surface area contributed by atoms with E-state index in [-0.39, 0.29) is 12.2 Å². The number of hydrazone groups is 1. The zero-order valence-electron chi connectivity index (χ0n) is 16.3. The van der Waals surface area contributed by atoms with Gasteiger partial charge in [0.05, 0.1) is 30.0 Å². The number of rotatable bonds is 6. The van der Waals surface area contributed by atoms with E-state index >= 15 is 0 Å². The summed E-state index contributed by atoms with van der Waals surface area (Å²) in [5, 5.41) is 14.0. The van der Waals surface area contributed by atoms with Crippen LogP contribution in [0.5, 0.6) is 5.75 Å². The number of carbonyl (C=O) groups is 3. The van der Waals surface area contributed by atoms with Crippen LogP contribution in [-0.4, -0.2) is 34.1 Å². The Balaban J connectivity index is 1.48. The Kier molecular flexibility index (Phi) is 6.55. The molecule has 9 heteroatoms. The SMILES string of the molecule is O=C(O)c1ccc(COc2c(I)cc(/C=N\N3C(=O)c4ccccc4C3=O)cc2I)cc1. The minimum absolute atomic E-state index is 0.222. The summed E-state index contributed by atoms with van der Waals surface area (Å²) in [6.07, 6.45) is 1.47. The number of carboxylic acids is 1. The van der Waals surface area contributed by atoms with Crippen LogP contribution in [0.4, 0.5) is 0 Å². The number of benzene rings is 3. The van der Waals surface area contributed by atoms with Crippen LogP contribution in [0.25, 0.3) is 0 Å². The van der Waals surface area contributed by atoms with E-state index < -0.39 is 17.8 Å². The molecule has 4 rings (SSSR count). The minimum atomic E-state index is -0.972. The highest BCUT2D eigenvalue weighted by Crippen LogP contribution is 2.30. The number of ether oxygens (including phenoxy) is 1. The lowest BCUT2D eigenvalue weighted by Crippen LogP contribution is -2.24. The van der Waals surface area contributed by atoms with Crippen LogP contribution in [0.15, 0.2) is 65.8 Å². The predicted molar refractivity (Wildman–Crippen MR) is 134 cm³/mol. The molecular weight excluding hydrogens is 638 g/mol. The Hall–Kier alpha value is -2.80. The van der Waals surface area contributed by atoms with Crippen molar-refractivity contribution < 1.29 is 24.2 Å². The molecule has 0 spiro atoms. The molecule has 0 aliphatic carbocycles. The van der Waals surface area contributed by atoms with Crippen molar-refractivity contribution in [1.29, 1.82) is 0 Å². The summed E-state index contributed by atoms with van der Waals surface area (Å²) in [4.78, 5) is 35.8. The van der Waals surface area contributed by atoms with Crippen molar-refractivity contribution in [1.82, 2.24) is 5.01 Å². The molecule has 2 amide bonds. The summed E-state index contributed by atoms with van der Waals surface area (Å²) in [7, 11) is 0. The number of carbonyl (C=O) groups excluding carboxylic acids is 2. The summed E-state index contributed by atoms with van der Waals surface area (Å²) in [6, 6.07) is 16.8. The normalized spacial score (nSPS) is 13.0. The Morgan fingerprint density at radius 1 is 0.969 bits per heavy atom. The molecular formula is C23H14I2N2O5. The summed E-state index contributed by atoms with van der Waals surface area (Å²) >= 11 is 4.30. The minimum Gasteiger partial charge on any atom is -0.487 e. The number of imide groups is 1. The molecule has 7 nitrogen and oxygen atoms in total. The Morgan fingerprint density at radius 3 is 2.06 bits per heavy atom. The number of halogens is 2. The summed E-state index contributed by atoms with van der Waals surface area (Å²) in [6.45, 7) is 0.286. The van der Waals surface area contributed by atoms with E-state index in [0.29, 0.717) is 22.4 Å². The topological polar surface area (TPSA) is 96.3 Å². The van der Waals surface area contributed by atoms with Crippen LogP contribution in [-0.2, 0) is 6.61 Å². The standard InChI is InChI=1S/C23H14I2N2O5/c24-18-9-14(11-26-27-21(28)16-3-1-2-4-17(16)22(27)29)10-19(25)20(18)32-12-13-5-7-15(8-6-13)23(30)31/h1-11H,12H2,(H,30,31)/b26-11-. The molecule has 1 N–H and O–H groups in total. The summed E-state index contributed by atoms with van der Waals surface area (Å²) in [5.41, 5.74) is 2.48. The van der Waals surface area contributed by atoms with Crippen LogP contribution in [0.1, 0.15) is 42.2 Å². The number of fused-ring (bicyclic) bond motifs is 1. The summed E-state index contributed by atoms with van der Waals surface area (Å²) in [5.74, 6) is -1.17. The lowest BCUT2D eigenvalue weighted by atomic mass is 10.1. The first-order valence-electron chi connectivity index (χ1n) is 9.31. The van der Waals surface area contributed by atoms with Crippen LogP contribution in [0.3, 0.4) is 0 Å². The van der Waals surface area contributed by atoms with Gasteiger partial charge in [0.25, 0.3) is 11.8 Å². The second-order valence-corrected chi connectivity index (χ2v) is 9.14. The van der Waals surface area contributed by atoms with Gasteiger partial charge in [0.2, 0.25) is 0 Å². The molecule has 32 heavy (non-hydrogen) atoms. The maximum atomic E-state index is 12.4. The predicted octanol–water partition coefficient (Wildman–Crippen LogP) is 4.80. The van der Waals surface area contributed by atoms with Gasteiger partial charge in [-0.1, -0.05) is 24.3 Å². The molecule has 0 radical (unpaired) electrons. The van der Waals surface area contributed by atoms with Gasteiger partial charge < -0.3 is 9.84 Å². The van der Waals surface area contributed by atoms with Gasteiger partial charge >= 0.3 is 5.97 Å². The Labute approximate surface area is 210 Å². The van der Waals surface area contributed by atoms with Gasteiger partial charge in [0.1, 0.15) is 12.4 Å². The quantitative estimate of drug-likeness (QED) is 0.235. The first-order chi connectivity index (χ1) is 15.3. The molecule has 1 aliphatic heterocycles. The highest BCUT2D eigenvalue weighted by atomic mass is 127. The van der Waals surface area contributed by atoms with Gasteiger partial charge in [-0.05, 0) is 92.7 Å². The molecule has 3 aromatic carbocycles. The molecule has 3 aromatic rings. The van der Waals surface area contributed by atoms with E-state index in [1.54, 1.807) is 36.4 Å². The van der Waals surface area contributed by atoms with Crippen molar-refractivity contribution in [3.8, 4) is 5.75 Å². The van der Waals surface area contributed by atoms with Crippen molar-refractivity contribution in [3.05, 3.63) is 95.6 Å². The molecule has 0 atom stereocenters. The summed E-state index contributed by atoms with van der Waals surface area (Å²) < 4.78 is 7.61. The van der Waals surface area contributed by atoms with Gasteiger partial charge in [-0.15, -0.1) is 0 Å². The third-order valence-electron chi connectivity index (χ3n) is 4.70. The highest BCUT2D eigenvalue weighted by molar-refractivity contribution is 14.1. The van der Waals surface area contributed by atoms with E-state index in [4.69, 9.17) is 9.84 Å². The van der Waals surface area contributed by atoms with Crippen molar-refractivity contribution in [2.24, 2.45) is 5.10 Å². The number of nitrogens with zero attached hydrogens (tertiary/aromatic N) is 2. The first-order valence-corrected chi connectivity index (χ1v) is 11.5. The smallest absolute Gasteiger partial charge is 0.335 e. The highest BCUT2D eigenvalue weighted by Gasteiger charge is 2.35. The van der Waals surface area contributed by atoms with E-state index in [2.05, 4.69) is 50.3 Å². The third kappa shape index (κ3) is 4.53. The lowest BCUT2D eigenvalue weighted by molar-refractivity contribution is 0.0656. The fraction of sp³-hybridized carbons (Fsp3) is 0.0435. The molecule has 0 unspecified atom stereocenters. The number of hydrogen-bond donors (Lipinski definition) is 1. The van der Waals surface area contributed by atoms with Crippen LogP contribution >= 0.6 is 45.2 Å². The van der Waals surface area contributed by atoms with Gasteiger partial charge in [0, 0.05) is 0 Å². The fourth-order valence-electron chi connectivity index (χ4n) is 3.10. The molecule has 0 fully saturated rings. The fourth-order valence-corrected chi connectivity index (χ4v) is 5.22. The second-order valence-electron chi connectivity index (χ2n) is 6.82. The molecule has 1 aliphatic rings. The van der Waals surface area contributed by atoms with E-state index in [0.717, 1.165) is 17.7 Å². The largest absolute Gasteiger partial charge is 0.487 e. The van der Waals surface area contributed by atoms with Crippen LogP contribution in [0, 0.1) is 7.14 Å². The van der Waals surface area contributed by atoms with Gasteiger partial charge in [0.15, 0.2) is 0 Å². The number of hydrogen-bond acceptors (Lipinski definition) is 5. The average molecular weight is 652 g/mol.